The van der Waals surface area contributed by atoms with E-state index in [2.05, 4.69) is 29.0 Å². The molecule has 2 fully saturated rings. The van der Waals surface area contributed by atoms with Crippen molar-refractivity contribution >= 4 is 5.91 Å². The Balaban J connectivity index is 1.54. The van der Waals surface area contributed by atoms with Crippen molar-refractivity contribution in [2.75, 3.05) is 40.3 Å². The zero-order chi connectivity index (χ0) is 16.9. The maximum absolute atomic E-state index is 12.7. The van der Waals surface area contributed by atoms with Gasteiger partial charge in [-0.25, -0.2) is 0 Å². The van der Waals surface area contributed by atoms with Crippen LogP contribution in [0.5, 0.6) is 0 Å². The number of hydrogen-bond donors (Lipinski definition) is 0. The number of nitrogens with zero attached hydrogens (tertiary/aromatic N) is 3. The van der Waals surface area contributed by atoms with E-state index in [4.69, 9.17) is 0 Å². The Morgan fingerprint density at radius 1 is 1.12 bits per heavy atom. The van der Waals surface area contributed by atoms with E-state index < -0.39 is 0 Å². The molecule has 1 saturated carbocycles. The zero-order valence-corrected chi connectivity index (χ0v) is 15.2. The van der Waals surface area contributed by atoms with E-state index in [1.165, 1.54) is 50.8 Å². The molecule has 24 heavy (non-hydrogen) atoms. The molecule has 2 aliphatic rings. The Bertz CT molecular complexity index is 550. The number of likely N-dealkylation sites (N-methyl/N-ethyl adjacent to an activating group) is 2. The van der Waals surface area contributed by atoms with Crippen LogP contribution < -0.4 is 0 Å². The Morgan fingerprint density at radius 3 is 2.58 bits per heavy atom. The van der Waals surface area contributed by atoms with Gasteiger partial charge >= 0.3 is 0 Å². The molecule has 0 atom stereocenters. The summed E-state index contributed by atoms with van der Waals surface area (Å²) in [5.41, 5.74) is 2.08. The van der Waals surface area contributed by atoms with Crippen LogP contribution in [-0.4, -0.2) is 66.9 Å². The van der Waals surface area contributed by atoms with Gasteiger partial charge in [-0.1, -0.05) is 18.6 Å². The molecule has 0 spiro atoms. The van der Waals surface area contributed by atoms with Crippen LogP contribution in [0, 0.1) is 0 Å². The van der Waals surface area contributed by atoms with Crippen LogP contribution in [0.3, 0.4) is 0 Å². The third-order valence-electron chi connectivity index (χ3n) is 5.33. The standard InChI is InChI=1S/C20H31N3O/c1-21(19-9-10-19)13-14-22(2)20(24)18-8-6-7-17(15-18)16-23-11-4-3-5-12-23/h6-8,15,19H,3-5,9-14,16H2,1-2H3. The summed E-state index contributed by atoms with van der Waals surface area (Å²) < 4.78 is 0. The van der Waals surface area contributed by atoms with Crippen LogP contribution in [-0.2, 0) is 6.54 Å². The minimum absolute atomic E-state index is 0.139. The van der Waals surface area contributed by atoms with E-state index in [1.54, 1.807) is 0 Å². The lowest BCUT2D eigenvalue weighted by Crippen LogP contribution is -2.35. The van der Waals surface area contributed by atoms with Crippen LogP contribution in [0.25, 0.3) is 0 Å². The molecule has 1 aromatic carbocycles. The van der Waals surface area contributed by atoms with Gasteiger partial charge in [0.15, 0.2) is 0 Å². The van der Waals surface area contributed by atoms with E-state index in [1.807, 2.05) is 24.1 Å². The highest BCUT2D eigenvalue weighted by Crippen LogP contribution is 2.24. The highest BCUT2D eigenvalue weighted by atomic mass is 16.2. The van der Waals surface area contributed by atoms with Crippen LogP contribution in [0.4, 0.5) is 0 Å². The van der Waals surface area contributed by atoms with Crippen molar-refractivity contribution in [2.45, 2.75) is 44.7 Å². The average molecular weight is 329 g/mol. The van der Waals surface area contributed by atoms with Gasteiger partial charge in [0.2, 0.25) is 0 Å². The van der Waals surface area contributed by atoms with Gasteiger partial charge in [0, 0.05) is 38.3 Å². The highest BCUT2D eigenvalue weighted by Gasteiger charge is 2.26. The lowest BCUT2D eigenvalue weighted by Gasteiger charge is -2.26. The van der Waals surface area contributed by atoms with Gasteiger partial charge in [0.05, 0.1) is 0 Å². The van der Waals surface area contributed by atoms with Gasteiger partial charge in [0.25, 0.3) is 5.91 Å². The maximum atomic E-state index is 12.7. The lowest BCUT2D eigenvalue weighted by atomic mass is 10.1. The summed E-state index contributed by atoms with van der Waals surface area (Å²) in [4.78, 5) is 19.4. The first kappa shape index (κ1) is 17.4. The fourth-order valence-electron chi connectivity index (χ4n) is 3.51. The van der Waals surface area contributed by atoms with Crippen LogP contribution in [0.15, 0.2) is 24.3 Å². The molecule has 4 nitrogen and oxygen atoms in total. The van der Waals surface area contributed by atoms with Gasteiger partial charge in [-0.05, 0) is 63.5 Å². The second-order valence-corrected chi connectivity index (χ2v) is 7.48. The normalized spacial score (nSPS) is 18.8. The molecule has 0 aromatic heterocycles. The molecule has 1 amide bonds. The van der Waals surface area contributed by atoms with E-state index in [0.29, 0.717) is 0 Å². The summed E-state index contributed by atoms with van der Waals surface area (Å²) in [5, 5.41) is 0. The van der Waals surface area contributed by atoms with Crippen molar-refractivity contribution in [3.05, 3.63) is 35.4 Å². The Hall–Kier alpha value is -1.39. The average Bonchev–Trinajstić information content (AvgIpc) is 3.45. The topological polar surface area (TPSA) is 26.8 Å². The molecule has 1 aliphatic heterocycles. The maximum Gasteiger partial charge on any atom is 0.253 e. The molecule has 0 bridgehead atoms. The summed E-state index contributed by atoms with van der Waals surface area (Å²) in [6.45, 7) is 5.09. The Morgan fingerprint density at radius 2 is 1.88 bits per heavy atom. The van der Waals surface area contributed by atoms with E-state index in [-0.39, 0.29) is 5.91 Å². The fourth-order valence-corrected chi connectivity index (χ4v) is 3.51. The number of piperidine rings is 1. The van der Waals surface area contributed by atoms with Crippen LogP contribution in [0.1, 0.15) is 48.0 Å². The van der Waals surface area contributed by atoms with Crippen LogP contribution >= 0.6 is 0 Å². The van der Waals surface area contributed by atoms with Crippen molar-refractivity contribution in [1.29, 1.82) is 0 Å². The van der Waals surface area contributed by atoms with E-state index in [0.717, 1.165) is 31.2 Å². The van der Waals surface area contributed by atoms with E-state index in [9.17, 15) is 4.79 Å². The SMILES string of the molecule is CN(CCN(C)C1CC1)C(=O)c1cccc(CN2CCCCC2)c1. The predicted octanol–water partition coefficient (Wildman–Crippen LogP) is 2.84. The van der Waals surface area contributed by atoms with Gasteiger partial charge in [-0.3, -0.25) is 9.69 Å². The number of likely N-dealkylation sites (tertiary alicyclic amines) is 1. The first-order valence-electron chi connectivity index (χ1n) is 9.40. The van der Waals surface area contributed by atoms with Crippen molar-refractivity contribution in [1.82, 2.24) is 14.7 Å². The molecule has 3 rings (SSSR count). The highest BCUT2D eigenvalue weighted by molar-refractivity contribution is 5.94. The summed E-state index contributed by atoms with van der Waals surface area (Å²) in [6.07, 6.45) is 6.58. The molecule has 0 N–H and O–H groups in total. The van der Waals surface area contributed by atoms with Crippen molar-refractivity contribution in [3.63, 3.8) is 0 Å². The summed E-state index contributed by atoms with van der Waals surface area (Å²) >= 11 is 0. The number of carbonyl (C=O) groups is 1. The smallest absolute Gasteiger partial charge is 0.253 e. The molecule has 4 heteroatoms. The summed E-state index contributed by atoms with van der Waals surface area (Å²) in [6, 6.07) is 8.95. The lowest BCUT2D eigenvalue weighted by molar-refractivity contribution is 0.0781. The summed E-state index contributed by atoms with van der Waals surface area (Å²) in [5.74, 6) is 0.139. The molecule has 0 radical (unpaired) electrons. The molecular formula is C20H31N3O. The molecule has 1 aliphatic carbocycles. The predicted molar refractivity (Wildman–Crippen MR) is 98.2 cm³/mol. The van der Waals surface area contributed by atoms with Gasteiger partial charge in [0.1, 0.15) is 0 Å². The zero-order valence-electron chi connectivity index (χ0n) is 15.2. The monoisotopic (exact) mass is 329 g/mol. The quantitative estimate of drug-likeness (QED) is 0.770. The number of rotatable bonds is 7. The van der Waals surface area contributed by atoms with Gasteiger partial charge in [-0.2, -0.15) is 0 Å². The molecule has 1 heterocycles. The Kier molecular flexibility index (Phi) is 5.90. The number of benzene rings is 1. The molecule has 1 aromatic rings. The van der Waals surface area contributed by atoms with Crippen molar-refractivity contribution in [2.24, 2.45) is 0 Å². The number of hydrogen-bond acceptors (Lipinski definition) is 3. The Labute approximate surface area is 146 Å². The third-order valence-corrected chi connectivity index (χ3v) is 5.33. The summed E-state index contributed by atoms with van der Waals surface area (Å²) in [7, 11) is 4.08. The number of carbonyl (C=O) groups excluding carboxylic acids is 1. The molecule has 0 unspecified atom stereocenters. The van der Waals surface area contributed by atoms with Crippen LogP contribution in [0.2, 0.25) is 0 Å². The second-order valence-electron chi connectivity index (χ2n) is 7.48. The largest absolute Gasteiger partial charge is 0.340 e. The molecular weight excluding hydrogens is 298 g/mol. The minimum Gasteiger partial charge on any atom is -0.340 e. The van der Waals surface area contributed by atoms with E-state index >= 15 is 0 Å². The van der Waals surface area contributed by atoms with Crippen molar-refractivity contribution in [3.8, 4) is 0 Å². The first-order chi connectivity index (χ1) is 11.6. The first-order valence-corrected chi connectivity index (χ1v) is 9.40. The van der Waals surface area contributed by atoms with Gasteiger partial charge < -0.3 is 9.80 Å². The minimum atomic E-state index is 0.139. The van der Waals surface area contributed by atoms with Crippen molar-refractivity contribution < 1.29 is 4.79 Å². The van der Waals surface area contributed by atoms with Gasteiger partial charge in [-0.15, -0.1) is 0 Å². The molecule has 132 valence electrons. The third kappa shape index (κ3) is 4.81. The fraction of sp³-hybridized carbons (Fsp3) is 0.650. The number of amides is 1. The second kappa shape index (κ2) is 8.13. The molecule has 1 saturated heterocycles.